The first kappa shape index (κ1) is 14.6. The van der Waals surface area contributed by atoms with Crippen molar-refractivity contribution >= 4 is 23.1 Å². The quantitative estimate of drug-likeness (QED) is 0.898. The first-order valence-electron chi connectivity index (χ1n) is 6.36. The van der Waals surface area contributed by atoms with E-state index in [2.05, 4.69) is 56.2 Å². The normalized spacial score (nSPS) is 11.8. The number of rotatable bonds is 4. The lowest BCUT2D eigenvalue weighted by molar-refractivity contribution is 0.424. The van der Waals surface area contributed by atoms with Crippen molar-refractivity contribution in [2.75, 3.05) is 0 Å². The molecule has 1 aromatic carbocycles. The van der Waals surface area contributed by atoms with Crippen LogP contribution in [0.5, 0.6) is 0 Å². The Morgan fingerprint density at radius 1 is 1.32 bits per heavy atom. The maximum absolute atomic E-state index is 4.30. The minimum atomic E-state index is 0.154. The van der Waals surface area contributed by atoms with Crippen LogP contribution < -0.4 is 5.32 Å². The molecule has 2 rings (SSSR count). The van der Waals surface area contributed by atoms with Gasteiger partial charge in [-0.1, -0.05) is 17.8 Å². The number of hydrogen-bond acceptors (Lipinski definition) is 4. The molecular weight excluding hydrogens is 272 g/mol. The van der Waals surface area contributed by atoms with Crippen molar-refractivity contribution in [1.82, 2.24) is 10.3 Å². The third-order valence-electron chi connectivity index (χ3n) is 2.74. The van der Waals surface area contributed by atoms with Gasteiger partial charge in [0.15, 0.2) is 4.34 Å². The molecule has 0 amide bonds. The summed E-state index contributed by atoms with van der Waals surface area (Å²) in [5.74, 6) is 0. The summed E-state index contributed by atoms with van der Waals surface area (Å²) in [7, 11) is 0. The molecule has 0 aliphatic rings. The average Bonchev–Trinajstić information content (AvgIpc) is 2.79. The second-order valence-electron chi connectivity index (χ2n) is 5.59. The molecule has 1 aromatic heterocycles. The summed E-state index contributed by atoms with van der Waals surface area (Å²) in [6, 6.07) is 6.63. The van der Waals surface area contributed by atoms with Crippen LogP contribution in [0.3, 0.4) is 0 Å². The standard InChI is InChI=1S/C15H20N2S2/c1-11-9-13(19-14-16-7-8-18-14)6-5-12(11)10-17-15(2,3)4/h5-9,17H,10H2,1-4H3. The van der Waals surface area contributed by atoms with Crippen molar-refractivity contribution < 1.29 is 0 Å². The van der Waals surface area contributed by atoms with Gasteiger partial charge in [-0.3, -0.25) is 0 Å². The van der Waals surface area contributed by atoms with Crippen LogP contribution in [-0.2, 0) is 6.54 Å². The number of nitrogens with zero attached hydrogens (tertiary/aromatic N) is 1. The Kier molecular flexibility index (Phi) is 4.66. The maximum atomic E-state index is 4.30. The Morgan fingerprint density at radius 3 is 2.68 bits per heavy atom. The molecule has 102 valence electrons. The van der Waals surface area contributed by atoms with E-state index in [0.717, 1.165) is 10.9 Å². The fourth-order valence-electron chi connectivity index (χ4n) is 1.65. The number of thiazole rings is 1. The third kappa shape index (κ3) is 4.64. The molecule has 0 unspecified atom stereocenters. The van der Waals surface area contributed by atoms with Crippen LogP contribution in [0.15, 0.2) is 39.0 Å². The average molecular weight is 292 g/mol. The second kappa shape index (κ2) is 6.07. The number of aromatic nitrogens is 1. The van der Waals surface area contributed by atoms with Crippen LogP contribution in [0.2, 0.25) is 0 Å². The summed E-state index contributed by atoms with van der Waals surface area (Å²) in [5.41, 5.74) is 2.84. The van der Waals surface area contributed by atoms with Crippen molar-refractivity contribution in [3.63, 3.8) is 0 Å². The zero-order valence-corrected chi connectivity index (χ0v) is 13.5. The monoisotopic (exact) mass is 292 g/mol. The molecule has 0 radical (unpaired) electrons. The topological polar surface area (TPSA) is 24.9 Å². The number of benzene rings is 1. The van der Waals surface area contributed by atoms with Gasteiger partial charge < -0.3 is 5.32 Å². The molecule has 2 nitrogen and oxygen atoms in total. The lowest BCUT2D eigenvalue weighted by Crippen LogP contribution is -2.35. The third-order valence-corrected chi connectivity index (χ3v) is 4.61. The van der Waals surface area contributed by atoms with Crippen molar-refractivity contribution in [1.29, 1.82) is 0 Å². The summed E-state index contributed by atoms with van der Waals surface area (Å²) in [6.45, 7) is 9.65. The van der Waals surface area contributed by atoms with Gasteiger partial charge in [-0.25, -0.2) is 4.98 Å². The van der Waals surface area contributed by atoms with E-state index < -0.39 is 0 Å². The van der Waals surface area contributed by atoms with Gasteiger partial charge in [-0.05, 0) is 51.0 Å². The van der Waals surface area contributed by atoms with Gasteiger partial charge in [-0.2, -0.15) is 0 Å². The minimum absolute atomic E-state index is 0.154. The molecule has 0 fully saturated rings. The van der Waals surface area contributed by atoms with Crippen LogP contribution in [0.1, 0.15) is 31.9 Å². The van der Waals surface area contributed by atoms with Crippen molar-refractivity contribution in [2.24, 2.45) is 0 Å². The molecule has 2 aromatic rings. The molecular formula is C15H20N2S2. The van der Waals surface area contributed by atoms with Gasteiger partial charge in [0, 0.05) is 28.6 Å². The van der Waals surface area contributed by atoms with E-state index in [4.69, 9.17) is 0 Å². The van der Waals surface area contributed by atoms with Crippen molar-refractivity contribution in [3.8, 4) is 0 Å². The zero-order chi connectivity index (χ0) is 13.9. The molecule has 0 atom stereocenters. The van der Waals surface area contributed by atoms with Crippen molar-refractivity contribution in [3.05, 3.63) is 40.9 Å². The van der Waals surface area contributed by atoms with Gasteiger partial charge in [0.05, 0.1) is 0 Å². The molecule has 1 N–H and O–H groups in total. The van der Waals surface area contributed by atoms with Gasteiger partial charge in [0.2, 0.25) is 0 Å². The minimum Gasteiger partial charge on any atom is -0.308 e. The first-order chi connectivity index (χ1) is 8.94. The highest BCUT2D eigenvalue weighted by molar-refractivity contribution is 8.01. The Morgan fingerprint density at radius 2 is 2.11 bits per heavy atom. The van der Waals surface area contributed by atoms with Crippen LogP contribution in [-0.4, -0.2) is 10.5 Å². The van der Waals surface area contributed by atoms with Crippen LogP contribution in [0, 0.1) is 6.92 Å². The van der Waals surface area contributed by atoms with E-state index in [1.807, 2.05) is 11.6 Å². The lowest BCUT2D eigenvalue weighted by atomic mass is 10.1. The highest BCUT2D eigenvalue weighted by Gasteiger charge is 2.10. The summed E-state index contributed by atoms with van der Waals surface area (Å²) in [6.07, 6.45) is 1.85. The molecule has 1 heterocycles. The van der Waals surface area contributed by atoms with Crippen LogP contribution >= 0.6 is 23.1 Å². The largest absolute Gasteiger partial charge is 0.308 e. The van der Waals surface area contributed by atoms with Crippen LogP contribution in [0.25, 0.3) is 0 Å². The number of aryl methyl sites for hydroxylation is 1. The summed E-state index contributed by atoms with van der Waals surface area (Å²) >= 11 is 3.41. The molecule has 0 saturated carbocycles. The predicted molar refractivity (Wildman–Crippen MR) is 84.0 cm³/mol. The van der Waals surface area contributed by atoms with Gasteiger partial charge in [0.1, 0.15) is 0 Å². The number of hydrogen-bond donors (Lipinski definition) is 1. The van der Waals surface area contributed by atoms with E-state index in [-0.39, 0.29) is 5.54 Å². The highest BCUT2D eigenvalue weighted by Crippen LogP contribution is 2.30. The SMILES string of the molecule is Cc1cc(Sc2nccs2)ccc1CNC(C)(C)C. The molecule has 0 aliphatic heterocycles. The lowest BCUT2D eigenvalue weighted by Gasteiger charge is -2.21. The van der Waals surface area contributed by atoms with E-state index in [1.165, 1.54) is 16.0 Å². The molecule has 4 heteroatoms. The fourth-order valence-corrected chi connectivity index (χ4v) is 3.35. The summed E-state index contributed by atoms with van der Waals surface area (Å²) < 4.78 is 1.10. The number of nitrogens with one attached hydrogen (secondary N) is 1. The van der Waals surface area contributed by atoms with E-state index >= 15 is 0 Å². The molecule has 0 bridgehead atoms. The van der Waals surface area contributed by atoms with Gasteiger partial charge in [-0.15, -0.1) is 11.3 Å². The van der Waals surface area contributed by atoms with Gasteiger partial charge in [0.25, 0.3) is 0 Å². The summed E-state index contributed by atoms with van der Waals surface area (Å²) in [5, 5.41) is 5.54. The van der Waals surface area contributed by atoms with Gasteiger partial charge >= 0.3 is 0 Å². The summed E-state index contributed by atoms with van der Waals surface area (Å²) in [4.78, 5) is 5.56. The van der Waals surface area contributed by atoms with E-state index in [0.29, 0.717) is 0 Å². The predicted octanol–water partition coefficient (Wildman–Crippen LogP) is 4.49. The highest BCUT2D eigenvalue weighted by atomic mass is 32.2. The molecule has 0 spiro atoms. The van der Waals surface area contributed by atoms with E-state index in [9.17, 15) is 0 Å². The molecule has 0 saturated heterocycles. The second-order valence-corrected chi connectivity index (χ2v) is 7.81. The van der Waals surface area contributed by atoms with Crippen LogP contribution in [0.4, 0.5) is 0 Å². The Labute approximate surface area is 123 Å². The Hall–Kier alpha value is -0.840. The zero-order valence-electron chi connectivity index (χ0n) is 11.9. The molecule has 0 aliphatic carbocycles. The molecule has 19 heavy (non-hydrogen) atoms. The smallest absolute Gasteiger partial charge is 0.154 e. The maximum Gasteiger partial charge on any atom is 0.154 e. The van der Waals surface area contributed by atoms with Crippen molar-refractivity contribution in [2.45, 2.75) is 49.0 Å². The Balaban J connectivity index is 2.04. The fraction of sp³-hybridized carbons (Fsp3) is 0.400. The van der Waals surface area contributed by atoms with E-state index in [1.54, 1.807) is 23.1 Å². The first-order valence-corrected chi connectivity index (χ1v) is 8.05. The Bertz CT molecular complexity index is 528.